The number of nitrogen functional groups attached to an aromatic ring is 2. The van der Waals surface area contributed by atoms with Crippen molar-refractivity contribution in [2.75, 3.05) is 24.6 Å². The molecule has 1 aliphatic heterocycles. The van der Waals surface area contributed by atoms with Gasteiger partial charge in [-0.1, -0.05) is 0 Å². The predicted molar refractivity (Wildman–Crippen MR) is 63.8 cm³/mol. The molecule has 1 atom stereocenters. The van der Waals surface area contributed by atoms with Crippen molar-refractivity contribution in [1.82, 2.24) is 19.9 Å². The van der Waals surface area contributed by atoms with Crippen molar-refractivity contribution >= 4 is 11.9 Å². The Labute approximate surface area is 99.9 Å². The van der Waals surface area contributed by atoms with Crippen LogP contribution in [0.4, 0.5) is 11.9 Å². The van der Waals surface area contributed by atoms with E-state index in [1.807, 2.05) is 6.92 Å². The Morgan fingerprint density at radius 1 is 1.29 bits per heavy atom. The van der Waals surface area contributed by atoms with Crippen molar-refractivity contribution in [3.8, 4) is 0 Å². The highest BCUT2D eigenvalue weighted by atomic mass is 16.3. The van der Waals surface area contributed by atoms with E-state index in [9.17, 15) is 5.11 Å². The third-order valence-electron chi connectivity index (χ3n) is 2.84. The first-order chi connectivity index (χ1) is 7.94. The van der Waals surface area contributed by atoms with Gasteiger partial charge in [0, 0.05) is 6.54 Å². The molecular formula is C10H18N6O. The van der Waals surface area contributed by atoms with Crippen LogP contribution in [0.5, 0.6) is 0 Å². The van der Waals surface area contributed by atoms with Gasteiger partial charge in [0.25, 0.3) is 0 Å². The molecule has 1 saturated heterocycles. The van der Waals surface area contributed by atoms with E-state index in [0.717, 1.165) is 19.4 Å². The number of nitrogens with two attached hydrogens (primary N) is 2. The molecule has 1 aromatic heterocycles. The zero-order valence-corrected chi connectivity index (χ0v) is 9.93. The number of nitrogens with zero attached hydrogens (tertiary/aromatic N) is 4. The molecule has 7 nitrogen and oxygen atoms in total. The Bertz CT molecular complexity index is 388. The minimum Gasteiger partial charge on any atom is -0.389 e. The quantitative estimate of drug-likeness (QED) is 0.629. The van der Waals surface area contributed by atoms with E-state index < -0.39 is 5.60 Å². The maximum absolute atomic E-state index is 9.99. The summed E-state index contributed by atoms with van der Waals surface area (Å²) in [5.41, 5.74) is 10.4. The van der Waals surface area contributed by atoms with E-state index in [2.05, 4.69) is 19.9 Å². The van der Waals surface area contributed by atoms with Gasteiger partial charge in [0.2, 0.25) is 11.9 Å². The molecule has 0 bridgehead atoms. The molecule has 0 amide bonds. The normalized spacial score (nSPS) is 26.0. The van der Waals surface area contributed by atoms with Crippen molar-refractivity contribution in [2.45, 2.75) is 31.9 Å². The number of anilines is 2. The van der Waals surface area contributed by atoms with Crippen molar-refractivity contribution in [2.24, 2.45) is 0 Å². The maximum Gasteiger partial charge on any atom is 0.225 e. The summed E-state index contributed by atoms with van der Waals surface area (Å²) in [6, 6.07) is 0. The van der Waals surface area contributed by atoms with E-state index in [1.54, 1.807) is 0 Å². The molecule has 0 saturated carbocycles. The molecule has 17 heavy (non-hydrogen) atoms. The Morgan fingerprint density at radius 3 is 2.53 bits per heavy atom. The van der Waals surface area contributed by atoms with Crippen LogP contribution < -0.4 is 11.5 Å². The predicted octanol–water partition coefficient (Wildman–Crippen LogP) is -0.617. The summed E-state index contributed by atoms with van der Waals surface area (Å²) < 4.78 is 0. The topological polar surface area (TPSA) is 114 Å². The highest BCUT2D eigenvalue weighted by Gasteiger charge is 2.28. The van der Waals surface area contributed by atoms with Gasteiger partial charge < -0.3 is 16.6 Å². The van der Waals surface area contributed by atoms with Gasteiger partial charge in [-0.2, -0.15) is 15.0 Å². The highest BCUT2D eigenvalue weighted by Crippen LogP contribution is 2.21. The first kappa shape index (κ1) is 12.0. The zero-order valence-electron chi connectivity index (χ0n) is 9.93. The second-order valence-electron chi connectivity index (χ2n) is 4.78. The highest BCUT2D eigenvalue weighted by molar-refractivity contribution is 5.25. The molecule has 0 radical (unpaired) electrons. The Hall–Kier alpha value is -1.47. The van der Waals surface area contributed by atoms with Crippen molar-refractivity contribution in [1.29, 1.82) is 0 Å². The number of rotatable bonds is 2. The van der Waals surface area contributed by atoms with Crippen LogP contribution in [0.15, 0.2) is 0 Å². The van der Waals surface area contributed by atoms with Crippen LogP contribution in [0.2, 0.25) is 0 Å². The van der Waals surface area contributed by atoms with E-state index in [0.29, 0.717) is 18.9 Å². The number of β-amino-alcohol motifs (C(OH)–C–C–N with tert-alkyl or cyclic N) is 1. The Morgan fingerprint density at radius 2 is 1.94 bits per heavy atom. The maximum atomic E-state index is 9.99. The van der Waals surface area contributed by atoms with E-state index in [-0.39, 0.29) is 11.9 Å². The van der Waals surface area contributed by atoms with Gasteiger partial charge in [0.05, 0.1) is 12.1 Å². The van der Waals surface area contributed by atoms with Crippen molar-refractivity contribution < 1.29 is 5.11 Å². The van der Waals surface area contributed by atoms with Crippen molar-refractivity contribution in [3.05, 3.63) is 5.82 Å². The van der Waals surface area contributed by atoms with Crippen LogP contribution >= 0.6 is 0 Å². The summed E-state index contributed by atoms with van der Waals surface area (Å²) in [5.74, 6) is 0.820. The minimum absolute atomic E-state index is 0.135. The summed E-state index contributed by atoms with van der Waals surface area (Å²) in [5, 5.41) is 9.99. The fourth-order valence-corrected chi connectivity index (χ4v) is 2.19. The monoisotopic (exact) mass is 238 g/mol. The largest absolute Gasteiger partial charge is 0.389 e. The standard InChI is InChI=1S/C10H18N6O/c1-10(17)3-2-4-16(6-10)5-7-13-8(11)15-9(12)14-7/h17H,2-6H2,1H3,(H4,11,12,13,14,15). The lowest BCUT2D eigenvalue weighted by atomic mass is 9.95. The van der Waals surface area contributed by atoms with Crippen LogP contribution in [0.1, 0.15) is 25.6 Å². The third-order valence-corrected chi connectivity index (χ3v) is 2.84. The van der Waals surface area contributed by atoms with Gasteiger partial charge in [-0.05, 0) is 26.3 Å². The smallest absolute Gasteiger partial charge is 0.225 e. The lowest BCUT2D eigenvalue weighted by Crippen LogP contribution is -2.45. The van der Waals surface area contributed by atoms with Crippen LogP contribution in [0.3, 0.4) is 0 Å². The van der Waals surface area contributed by atoms with E-state index in [4.69, 9.17) is 11.5 Å². The van der Waals surface area contributed by atoms with Gasteiger partial charge >= 0.3 is 0 Å². The van der Waals surface area contributed by atoms with Gasteiger partial charge in [-0.25, -0.2) is 0 Å². The number of hydrogen-bond acceptors (Lipinski definition) is 7. The SMILES string of the molecule is CC1(O)CCCN(Cc2nc(N)nc(N)n2)C1. The summed E-state index contributed by atoms with van der Waals surface area (Å²) in [6.45, 7) is 3.91. The molecule has 2 rings (SSSR count). The van der Waals surface area contributed by atoms with Gasteiger partial charge in [0.1, 0.15) is 5.82 Å². The van der Waals surface area contributed by atoms with Crippen LogP contribution in [-0.2, 0) is 6.54 Å². The minimum atomic E-state index is -0.637. The molecule has 0 aromatic carbocycles. The zero-order chi connectivity index (χ0) is 12.5. The number of piperidine rings is 1. The average molecular weight is 238 g/mol. The summed E-state index contributed by atoms with van der Waals surface area (Å²) >= 11 is 0. The molecule has 1 unspecified atom stereocenters. The molecule has 7 heteroatoms. The molecule has 1 aliphatic rings. The molecule has 5 N–H and O–H groups in total. The number of aromatic nitrogens is 3. The van der Waals surface area contributed by atoms with E-state index >= 15 is 0 Å². The van der Waals surface area contributed by atoms with Crippen LogP contribution in [0, 0.1) is 0 Å². The van der Waals surface area contributed by atoms with E-state index in [1.165, 1.54) is 0 Å². The Balaban J connectivity index is 2.05. The molecule has 2 heterocycles. The molecule has 0 spiro atoms. The van der Waals surface area contributed by atoms with Gasteiger partial charge in [-0.3, -0.25) is 4.90 Å². The summed E-state index contributed by atoms with van der Waals surface area (Å²) in [4.78, 5) is 13.9. The lowest BCUT2D eigenvalue weighted by molar-refractivity contribution is -0.0188. The molecule has 94 valence electrons. The molecule has 1 fully saturated rings. The second kappa shape index (κ2) is 4.42. The fraction of sp³-hybridized carbons (Fsp3) is 0.700. The van der Waals surface area contributed by atoms with Gasteiger partial charge in [0.15, 0.2) is 0 Å². The second-order valence-corrected chi connectivity index (χ2v) is 4.78. The number of likely N-dealkylation sites (tertiary alicyclic amines) is 1. The summed E-state index contributed by atoms with van der Waals surface area (Å²) in [6.07, 6.45) is 1.79. The average Bonchev–Trinajstić information content (AvgIpc) is 2.13. The number of aliphatic hydroxyl groups is 1. The first-order valence-corrected chi connectivity index (χ1v) is 5.65. The van der Waals surface area contributed by atoms with Crippen molar-refractivity contribution in [3.63, 3.8) is 0 Å². The van der Waals surface area contributed by atoms with Crippen LogP contribution in [-0.4, -0.2) is 43.6 Å². The lowest BCUT2D eigenvalue weighted by Gasteiger charge is -2.36. The van der Waals surface area contributed by atoms with Crippen LogP contribution in [0.25, 0.3) is 0 Å². The fourth-order valence-electron chi connectivity index (χ4n) is 2.19. The summed E-state index contributed by atoms with van der Waals surface area (Å²) in [7, 11) is 0. The first-order valence-electron chi connectivity index (χ1n) is 5.65. The third kappa shape index (κ3) is 3.24. The molecule has 1 aromatic rings. The molecule has 0 aliphatic carbocycles. The Kier molecular flexibility index (Phi) is 3.12. The number of hydrogen-bond donors (Lipinski definition) is 3. The van der Waals surface area contributed by atoms with Gasteiger partial charge in [-0.15, -0.1) is 0 Å². The molecular weight excluding hydrogens is 220 g/mol.